The molecule has 0 atom stereocenters. The number of rotatable bonds is 8. The van der Waals surface area contributed by atoms with Crippen LogP contribution in [0.1, 0.15) is 11.1 Å². The van der Waals surface area contributed by atoms with E-state index in [1.54, 1.807) is 42.5 Å². The van der Waals surface area contributed by atoms with E-state index in [2.05, 4.69) is 0 Å². The van der Waals surface area contributed by atoms with Gasteiger partial charge in [-0.2, -0.15) is 0 Å². The second-order valence-electron chi connectivity index (χ2n) is 8.11. The molecule has 0 unspecified atom stereocenters. The van der Waals surface area contributed by atoms with Crippen molar-refractivity contribution in [1.29, 1.82) is 0 Å². The predicted octanol–water partition coefficient (Wildman–Crippen LogP) is 6.67. The van der Waals surface area contributed by atoms with E-state index in [-0.39, 0.29) is 36.7 Å². The van der Waals surface area contributed by atoms with Gasteiger partial charge in [0.2, 0.25) is 0 Å². The molecule has 1 aliphatic heterocycles. The lowest BCUT2D eigenvalue weighted by Gasteiger charge is -2.14. The van der Waals surface area contributed by atoms with Gasteiger partial charge in [0.05, 0.1) is 11.4 Å². The van der Waals surface area contributed by atoms with E-state index >= 15 is 0 Å². The van der Waals surface area contributed by atoms with Crippen LogP contribution in [0.15, 0.2) is 95.9 Å². The zero-order valence-corrected chi connectivity index (χ0v) is 20.0. The highest BCUT2D eigenvalue weighted by Crippen LogP contribution is 2.33. The molecule has 0 saturated carbocycles. The van der Waals surface area contributed by atoms with Crippen molar-refractivity contribution in [3.05, 3.63) is 113 Å². The Balaban J connectivity index is 1.22. The smallest absolute Gasteiger partial charge is 0.293 e. The first-order valence-electron chi connectivity index (χ1n) is 11.4. The van der Waals surface area contributed by atoms with Gasteiger partial charge in [-0.1, -0.05) is 66.7 Å². The third kappa shape index (κ3) is 5.26. The Kier molecular flexibility index (Phi) is 7.00. The molecule has 4 aromatic carbocycles. The van der Waals surface area contributed by atoms with E-state index < -0.39 is 0 Å². The molecule has 180 valence electrons. The summed E-state index contributed by atoms with van der Waals surface area (Å²) in [7, 11) is 0. The average molecular weight is 500 g/mol. The third-order valence-electron chi connectivity index (χ3n) is 5.70. The van der Waals surface area contributed by atoms with Crippen molar-refractivity contribution in [2.45, 2.75) is 6.61 Å². The second-order valence-corrected chi connectivity index (χ2v) is 9.10. The average Bonchev–Trinajstić information content (AvgIpc) is 3.16. The van der Waals surface area contributed by atoms with Crippen LogP contribution in [0.5, 0.6) is 11.5 Å². The van der Waals surface area contributed by atoms with Crippen molar-refractivity contribution < 1.29 is 23.5 Å². The summed E-state index contributed by atoms with van der Waals surface area (Å²) < 4.78 is 25.5. The van der Waals surface area contributed by atoms with Crippen LogP contribution < -0.4 is 9.47 Å². The van der Waals surface area contributed by atoms with Gasteiger partial charge in [0.25, 0.3) is 11.1 Å². The van der Waals surface area contributed by atoms with Gasteiger partial charge in [-0.05, 0) is 53.1 Å². The number of ether oxygens (including phenoxy) is 2. The highest BCUT2D eigenvalue weighted by atomic mass is 32.2. The molecule has 1 heterocycles. The number of carbonyl (C=O) groups is 2. The Morgan fingerprint density at radius 3 is 2.53 bits per heavy atom. The summed E-state index contributed by atoms with van der Waals surface area (Å²) in [5.41, 5.74) is 1.16. The number of fused-ring (bicyclic) bond motifs is 1. The van der Waals surface area contributed by atoms with Crippen LogP contribution >= 0.6 is 11.8 Å². The molecule has 1 aliphatic rings. The number of hydrogen-bond acceptors (Lipinski definition) is 5. The molecule has 0 aromatic heterocycles. The molecular weight excluding hydrogens is 477 g/mol. The summed E-state index contributed by atoms with van der Waals surface area (Å²) in [5.74, 6) is 0.563. The summed E-state index contributed by atoms with van der Waals surface area (Å²) in [6, 6.07) is 27.2. The van der Waals surface area contributed by atoms with Crippen LogP contribution in [-0.4, -0.2) is 29.2 Å². The van der Waals surface area contributed by atoms with Crippen molar-refractivity contribution in [2.75, 3.05) is 13.2 Å². The van der Waals surface area contributed by atoms with E-state index in [0.29, 0.717) is 27.5 Å². The Morgan fingerprint density at radius 2 is 1.64 bits per heavy atom. The molecule has 0 bridgehead atoms. The SMILES string of the molecule is O=C1S/C(=C\c2cccc(OCc3ccccc3F)c2)C(=O)N1CCOc1cccc2ccccc12. The zero-order valence-electron chi connectivity index (χ0n) is 19.2. The van der Waals surface area contributed by atoms with Crippen LogP contribution in [0.2, 0.25) is 0 Å². The number of benzene rings is 4. The fraction of sp³-hybridized carbons (Fsp3) is 0.103. The van der Waals surface area contributed by atoms with E-state index in [4.69, 9.17) is 9.47 Å². The molecule has 5 rings (SSSR count). The number of hydrogen-bond donors (Lipinski definition) is 0. The van der Waals surface area contributed by atoms with Crippen molar-refractivity contribution in [1.82, 2.24) is 4.90 Å². The number of halogens is 1. The lowest BCUT2D eigenvalue weighted by Crippen LogP contribution is -2.32. The summed E-state index contributed by atoms with van der Waals surface area (Å²) in [6.07, 6.45) is 1.66. The van der Waals surface area contributed by atoms with Crippen molar-refractivity contribution in [2.24, 2.45) is 0 Å². The first kappa shape index (κ1) is 23.6. The molecule has 0 spiro atoms. The largest absolute Gasteiger partial charge is 0.491 e. The summed E-state index contributed by atoms with van der Waals surface area (Å²) in [5, 5.41) is 1.70. The molecule has 36 heavy (non-hydrogen) atoms. The summed E-state index contributed by atoms with van der Waals surface area (Å²) in [6.45, 7) is 0.430. The molecule has 4 aromatic rings. The van der Waals surface area contributed by atoms with Gasteiger partial charge in [0.15, 0.2) is 0 Å². The summed E-state index contributed by atoms with van der Waals surface area (Å²) >= 11 is 0.896. The van der Waals surface area contributed by atoms with Gasteiger partial charge < -0.3 is 9.47 Å². The predicted molar refractivity (Wildman–Crippen MR) is 139 cm³/mol. The number of amides is 2. The van der Waals surface area contributed by atoms with Crippen LogP contribution in [-0.2, 0) is 11.4 Å². The molecule has 2 amide bonds. The fourth-order valence-electron chi connectivity index (χ4n) is 3.88. The van der Waals surface area contributed by atoms with Gasteiger partial charge in [-0.3, -0.25) is 14.5 Å². The van der Waals surface area contributed by atoms with Gasteiger partial charge in [-0.15, -0.1) is 0 Å². The first-order chi connectivity index (χ1) is 17.6. The Labute approximate surface area is 212 Å². The number of nitrogens with zero attached hydrogens (tertiary/aromatic N) is 1. The standard InChI is InChI=1S/C29H22FNO4S/c30-25-13-4-2-9-22(25)19-35-23-11-5-7-20(17-23)18-27-28(32)31(29(33)36-27)15-16-34-26-14-6-10-21-8-1-3-12-24(21)26/h1-14,17-18H,15-16,19H2/b27-18-. The van der Waals surface area contributed by atoms with Gasteiger partial charge in [0.1, 0.15) is 30.5 Å². The number of carbonyl (C=O) groups excluding carboxylic acids is 2. The normalized spacial score (nSPS) is 14.6. The van der Waals surface area contributed by atoms with Gasteiger partial charge in [-0.25, -0.2) is 4.39 Å². The van der Waals surface area contributed by atoms with Crippen LogP contribution in [0.3, 0.4) is 0 Å². The minimum Gasteiger partial charge on any atom is -0.491 e. The van der Waals surface area contributed by atoms with Crippen LogP contribution in [0.25, 0.3) is 16.8 Å². The molecule has 1 fully saturated rings. The second kappa shape index (κ2) is 10.7. The van der Waals surface area contributed by atoms with E-state index in [1.807, 2.05) is 48.5 Å². The molecule has 1 saturated heterocycles. The lowest BCUT2D eigenvalue weighted by molar-refractivity contribution is -0.123. The third-order valence-corrected chi connectivity index (χ3v) is 6.61. The van der Waals surface area contributed by atoms with Gasteiger partial charge >= 0.3 is 0 Å². The van der Waals surface area contributed by atoms with Gasteiger partial charge in [0, 0.05) is 10.9 Å². The van der Waals surface area contributed by atoms with Crippen molar-refractivity contribution >= 4 is 39.8 Å². The topological polar surface area (TPSA) is 55.8 Å². The van der Waals surface area contributed by atoms with Crippen molar-refractivity contribution in [3.8, 4) is 11.5 Å². The Hall–Kier alpha value is -4.10. The fourth-order valence-corrected chi connectivity index (χ4v) is 4.75. The maximum atomic E-state index is 13.8. The molecule has 0 aliphatic carbocycles. The molecular formula is C29H22FNO4S. The quantitative estimate of drug-likeness (QED) is 0.253. The van der Waals surface area contributed by atoms with Crippen LogP contribution in [0, 0.1) is 5.82 Å². The molecule has 0 radical (unpaired) electrons. The lowest BCUT2D eigenvalue weighted by atomic mass is 10.1. The van der Waals surface area contributed by atoms with E-state index in [0.717, 1.165) is 22.5 Å². The zero-order chi connectivity index (χ0) is 24.9. The minimum absolute atomic E-state index is 0.0866. The number of thioether (sulfide) groups is 1. The first-order valence-corrected chi connectivity index (χ1v) is 12.2. The Bertz CT molecular complexity index is 1460. The molecule has 0 N–H and O–H groups in total. The molecule has 7 heteroatoms. The van der Waals surface area contributed by atoms with E-state index in [1.165, 1.54) is 11.0 Å². The number of imide groups is 1. The van der Waals surface area contributed by atoms with Crippen LogP contribution in [0.4, 0.5) is 9.18 Å². The monoisotopic (exact) mass is 499 g/mol. The maximum Gasteiger partial charge on any atom is 0.293 e. The Morgan fingerprint density at radius 1 is 0.861 bits per heavy atom. The maximum absolute atomic E-state index is 13.8. The van der Waals surface area contributed by atoms with E-state index in [9.17, 15) is 14.0 Å². The minimum atomic E-state index is -0.357. The molecule has 5 nitrogen and oxygen atoms in total. The highest BCUT2D eigenvalue weighted by molar-refractivity contribution is 8.18. The highest BCUT2D eigenvalue weighted by Gasteiger charge is 2.34. The van der Waals surface area contributed by atoms with Crippen molar-refractivity contribution in [3.63, 3.8) is 0 Å². The summed E-state index contributed by atoms with van der Waals surface area (Å²) in [4.78, 5) is 26.9.